The van der Waals surface area contributed by atoms with Gasteiger partial charge < -0.3 is 24.6 Å². The number of thioether (sulfide) groups is 1. The number of esters is 2. The molecule has 0 heterocycles. The third-order valence-corrected chi connectivity index (χ3v) is 8.12. The van der Waals surface area contributed by atoms with E-state index in [1.807, 2.05) is 0 Å². The van der Waals surface area contributed by atoms with Crippen LogP contribution in [0.25, 0.3) is 0 Å². The quantitative estimate of drug-likeness (QED) is 0.345. The number of fused-ring (bicyclic) bond motifs is 1. The Balaban J connectivity index is 2.02. The van der Waals surface area contributed by atoms with E-state index in [-0.39, 0.29) is 0 Å². The Labute approximate surface area is 231 Å². The van der Waals surface area contributed by atoms with Gasteiger partial charge in [0.05, 0.1) is 12.0 Å². The second kappa shape index (κ2) is 10.5. The first kappa shape index (κ1) is 30.5. The molecule has 0 aromatic carbocycles. The molecule has 0 radical (unpaired) electrons. The topological polar surface area (TPSA) is 111 Å². The summed E-state index contributed by atoms with van der Waals surface area (Å²) in [6.07, 6.45) is 4.15. The highest BCUT2D eigenvalue weighted by molar-refractivity contribution is 8.03. The van der Waals surface area contributed by atoms with Crippen molar-refractivity contribution in [2.24, 2.45) is 23.7 Å². The minimum absolute atomic E-state index is 0.364. The van der Waals surface area contributed by atoms with Gasteiger partial charge in [0.15, 0.2) is 5.54 Å². The van der Waals surface area contributed by atoms with Crippen LogP contribution in [-0.2, 0) is 23.8 Å². The van der Waals surface area contributed by atoms with Gasteiger partial charge in [-0.05, 0) is 87.0 Å². The highest BCUT2D eigenvalue weighted by atomic mass is 32.2. The zero-order chi connectivity index (χ0) is 28.8. The van der Waals surface area contributed by atoms with Gasteiger partial charge in [0.1, 0.15) is 16.8 Å². The first-order valence-corrected chi connectivity index (χ1v) is 14.4. The predicted octanol–water partition coefficient (Wildman–Crippen LogP) is 5.14. The lowest BCUT2D eigenvalue weighted by Crippen LogP contribution is -2.64. The van der Waals surface area contributed by atoms with E-state index < -0.39 is 70.1 Å². The van der Waals surface area contributed by atoms with Crippen LogP contribution in [0.2, 0.25) is 0 Å². The molecular weight excluding hydrogens is 506 g/mol. The lowest BCUT2D eigenvalue weighted by molar-refractivity contribution is -0.169. The van der Waals surface area contributed by atoms with Crippen LogP contribution in [0.1, 0.15) is 82.1 Å². The van der Waals surface area contributed by atoms with Gasteiger partial charge in [0.25, 0.3) is 0 Å². The van der Waals surface area contributed by atoms with E-state index in [1.165, 1.54) is 5.57 Å². The summed E-state index contributed by atoms with van der Waals surface area (Å²) in [7, 11) is 0. The number of allylic oxidation sites excluding steroid dienone is 4. The van der Waals surface area contributed by atoms with Crippen LogP contribution in [0.4, 0.5) is 4.79 Å². The van der Waals surface area contributed by atoms with Gasteiger partial charge in [-0.15, -0.1) is 11.8 Å². The van der Waals surface area contributed by atoms with Gasteiger partial charge >= 0.3 is 18.0 Å². The Bertz CT molecular complexity index is 1010. The summed E-state index contributed by atoms with van der Waals surface area (Å²) in [6, 6.07) is 0. The molecular formula is C29H45NO7S. The number of carbonyl (C=O) groups is 3. The van der Waals surface area contributed by atoms with Crippen molar-refractivity contribution in [2.75, 3.05) is 5.75 Å². The zero-order valence-corrected chi connectivity index (χ0v) is 25.3. The van der Waals surface area contributed by atoms with Crippen molar-refractivity contribution >= 4 is 29.8 Å². The lowest BCUT2D eigenvalue weighted by atomic mass is 9.80. The van der Waals surface area contributed by atoms with Gasteiger partial charge in [-0.25, -0.2) is 9.59 Å². The third-order valence-electron chi connectivity index (χ3n) is 6.88. The van der Waals surface area contributed by atoms with Crippen molar-refractivity contribution in [1.29, 1.82) is 0 Å². The van der Waals surface area contributed by atoms with Gasteiger partial charge in [-0.2, -0.15) is 0 Å². The second-order valence-corrected chi connectivity index (χ2v) is 14.9. The maximum absolute atomic E-state index is 14.0. The van der Waals surface area contributed by atoms with Crippen molar-refractivity contribution in [3.05, 3.63) is 22.6 Å². The monoisotopic (exact) mass is 551 g/mol. The molecule has 2 saturated carbocycles. The summed E-state index contributed by atoms with van der Waals surface area (Å²) in [6.45, 7) is 17.8. The molecule has 38 heavy (non-hydrogen) atoms. The summed E-state index contributed by atoms with van der Waals surface area (Å²) < 4.78 is 17.1. The van der Waals surface area contributed by atoms with Crippen LogP contribution >= 0.6 is 11.8 Å². The van der Waals surface area contributed by atoms with Crippen molar-refractivity contribution in [3.63, 3.8) is 0 Å². The van der Waals surface area contributed by atoms with Crippen molar-refractivity contribution in [3.8, 4) is 0 Å². The fourth-order valence-corrected chi connectivity index (χ4v) is 6.69. The molecule has 0 bridgehead atoms. The van der Waals surface area contributed by atoms with Crippen LogP contribution < -0.4 is 5.32 Å². The van der Waals surface area contributed by atoms with E-state index in [4.69, 9.17) is 14.2 Å². The van der Waals surface area contributed by atoms with E-state index in [9.17, 15) is 19.5 Å². The van der Waals surface area contributed by atoms with Gasteiger partial charge in [0, 0.05) is 23.5 Å². The first-order valence-electron chi connectivity index (χ1n) is 13.4. The Morgan fingerprint density at radius 2 is 1.53 bits per heavy atom. The number of hydrogen-bond acceptors (Lipinski definition) is 8. The Kier molecular flexibility index (Phi) is 8.46. The van der Waals surface area contributed by atoms with Crippen molar-refractivity contribution < 1.29 is 33.7 Å². The SMILES string of the molecule is CC1=CC=C(SC[C@@H]2[C@@H](O)[C@H]3[C@H](C(=O)OC(C)(C)C)[C@H]3[C@]2(NC(=O)OC(C)(C)C)C(=O)OC(C)(C)C)CC1. The standard InChI is InChI=1S/C29H45NO7S/c1-16-11-13-17(14-12-16)38-15-18-22(31)19-20(23(32)35-26(2,3)4)21(19)29(18,24(33)36-27(5,6)7)30-25(34)37-28(8,9)10/h11,13,18-22,31H,12,14-15H2,1-10H3,(H,30,34)/t18-,19+,20+,21+,22-,29+/m1/s1. The van der Waals surface area contributed by atoms with E-state index >= 15 is 0 Å². The summed E-state index contributed by atoms with van der Waals surface area (Å²) in [5.74, 6) is -3.46. The van der Waals surface area contributed by atoms with Gasteiger partial charge in [-0.3, -0.25) is 4.79 Å². The van der Waals surface area contributed by atoms with Crippen LogP contribution in [0.3, 0.4) is 0 Å². The molecule has 0 aromatic rings. The molecule has 0 unspecified atom stereocenters. The molecule has 2 N–H and O–H groups in total. The molecule has 0 saturated heterocycles. The largest absolute Gasteiger partial charge is 0.460 e. The molecule has 214 valence electrons. The van der Waals surface area contributed by atoms with E-state index in [0.717, 1.165) is 17.7 Å². The van der Waals surface area contributed by atoms with Crippen LogP contribution in [0.5, 0.6) is 0 Å². The van der Waals surface area contributed by atoms with Crippen molar-refractivity contribution in [2.45, 2.75) is 111 Å². The Morgan fingerprint density at radius 1 is 0.947 bits per heavy atom. The van der Waals surface area contributed by atoms with Crippen LogP contribution in [0, 0.1) is 23.7 Å². The molecule has 3 aliphatic carbocycles. The van der Waals surface area contributed by atoms with Gasteiger partial charge in [-0.1, -0.05) is 17.7 Å². The number of alkyl carbamates (subject to hydrolysis) is 1. The fourth-order valence-electron chi connectivity index (χ4n) is 5.42. The maximum atomic E-state index is 14.0. The first-order chi connectivity index (χ1) is 17.2. The highest BCUT2D eigenvalue weighted by Crippen LogP contribution is 2.66. The average molecular weight is 552 g/mol. The minimum atomic E-state index is -1.66. The number of nitrogens with one attached hydrogen (secondary N) is 1. The summed E-state index contributed by atoms with van der Waals surface area (Å²) in [4.78, 5) is 41.5. The zero-order valence-electron chi connectivity index (χ0n) is 24.5. The lowest BCUT2D eigenvalue weighted by Gasteiger charge is -2.40. The van der Waals surface area contributed by atoms with Crippen LogP contribution in [0.15, 0.2) is 22.6 Å². The maximum Gasteiger partial charge on any atom is 0.408 e. The van der Waals surface area contributed by atoms with E-state index in [0.29, 0.717) is 5.75 Å². The number of amides is 1. The predicted molar refractivity (Wildman–Crippen MR) is 147 cm³/mol. The number of ether oxygens (including phenoxy) is 3. The summed E-state index contributed by atoms with van der Waals surface area (Å²) >= 11 is 1.56. The third kappa shape index (κ3) is 6.95. The molecule has 0 aliphatic heterocycles. The fraction of sp³-hybridized carbons (Fsp3) is 0.759. The molecule has 3 rings (SSSR count). The molecule has 3 aliphatic rings. The molecule has 6 atom stereocenters. The Morgan fingerprint density at radius 3 is 2.03 bits per heavy atom. The number of rotatable bonds is 6. The summed E-state index contributed by atoms with van der Waals surface area (Å²) in [5.41, 5.74) is -2.77. The van der Waals surface area contributed by atoms with Crippen molar-refractivity contribution in [1.82, 2.24) is 5.32 Å². The smallest absolute Gasteiger partial charge is 0.408 e. The summed E-state index contributed by atoms with van der Waals surface area (Å²) in [5, 5.41) is 14.4. The molecule has 0 aromatic heterocycles. The number of aliphatic hydroxyl groups is 1. The van der Waals surface area contributed by atoms with E-state index in [2.05, 4.69) is 24.4 Å². The minimum Gasteiger partial charge on any atom is -0.460 e. The van der Waals surface area contributed by atoms with E-state index in [1.54, 1.807) is 74.1 Å². The molecule has 0 spiro atoms. The van der Waals surface area contributed by atoms with Gasteiger partial charge in [0.2, 0.25) is 0 Å². The second-order valence-electron chi connectivity index (χ2n) is 13.7. The number of aliphatic hydroxyl groups excluding tert-OH is 1. The molecule has 9 heteroatoms. The van der Waals surface area contributed by atoms with Crippen LogP contribution in [-0.4, -0.2) is 57.3 Å². The number of hydrogen-bond donors (Lipinski definition) is 2. The highest BCUT2D eigenvalue weighted by Gasteiger charge is 2.80. The Hall–Kier alpha value is -2.00. The number of carbonyl (C=O) groups excluding carboxylic acids is 3. The normalized spacial score (nSPS) is 31.0. The average Bonchev–Trinajstić information content (AvgIpc) is 3.41. The molecule has 2 fully saturated rings. The molecule has 8 nitrogen and oxygen atoms in total. The molecule has 1 amide bonds.